The van der Waals surface area contributed by atoms with Gasteiger partial charge in [-0.1, -0.05) is 12.1 Å². The number of guanidine groups is 1. The quantitative estimate of drug-likeness (QED) is 0.359. The third kappa shape index (κ3) is 6.62. The maximum atomic E-state index is 14.5. The van der Waals surface area contributed by atoms with E-state index in [-0.39, 0.29) is 29.8 Å². The summed E-state index contributed by atoms with van der Waals surface area (Å²) in [4.78, 5) is 7.84. The second kappa shape index (κ2) is 11.5. The van der Waals surface area contributed by atoms with E-state index in [1.807, 2.05) is 30.0 Å². The van der Waals surface area contributed by atoms with E-state index in [1.54, 1.807) is 17.4 Å². The maximum Gasteiger partial charge on any atom is 0.191 e. The summed E-state index contributed by atoms with van der Waals surface area (Å²) in [6.45, 7) is 6.71. The monoisotopic (exact) mass is 504 g/mol. The van der Waals surface area contributed by atoms with Crippen molar-refractivity contribution < 1.29 is 9.13 Å². The summed E-state index contributed by atoms with van der Waals surface area (Å²) in [7, 11) is 0. The summed E-state index contributed by atoms with van der Waals surface area (Å²) in [5, 5.41) is 8.58. The number of anilines is 1. The van der Waals surface area contributed by atoms with E-state index in [9.17, 15) is 4.39 Å². The van der Waals surface area contributed by atoms with E-state index in [0.717, 1.165) is 37.7 Å². The van der Waals surface area contributed by atoms with Crippen LogP contribution in [0.25, 0.3) is 0 Å². The van der Waals surface area contributed by atoms with Gasteiger partial charge in [0.1, 0.15) is 5.82 Å². The second-order valence-electron chi connectivity index (χ2n) is 6.01. The molecule has 148 valence electrons. The van der Waals surface area contributed by atoms with Crippen LogP contribution >= 0.6 is 35.3 Å². The van der Waals surface area contributed by atoms with Gasteiger partial charge >= 0.3 is 0 Å². The van der Waals surface area contributed by atoms with Gasteiger partial charge in [-0.15, -0.1) is 35.3 Å². The van der Waals surface area contributed by atoms with Crippen LogP contribution < -0.4 is 15.5 Å². The Balaban J connectivity index is 0.00000261. The van der Waals surface area contributed by atoms with Gasteiger partial charge in [-0.3, -0.25) is 0 Å². The number of hydrogen-bond acceptors (Lipinski definition) is 4. The van der Waals surface area contributed by atoms with Crippen LogP contribution in [0, 0.1) is 5.82 Å². The molecule has 2 aromatic rings. The van der Waals surface area contributed by atoms with Crippen molar-refractivity contribution in [3.8, 4) is 0 Å². The third-order valence-corrected chi connectivity index (χ3v) is 5.01. The number of aliphatic imine (C=N–C) groups is 1. The molecule has 1 aliphatic rings. The van der Waals surface area contributed by atoms with E-state index in [2.05, 4.69) is 27.1 Å². The largest absolute Gasteiger partial charge is 0.378 e. The Morgan fingerprint density at radius 2 is 2.07 bits per heavy atom. The average Bonchev–Trinajstić information content (AvgIpc) is 3.18. The summed E-state index contributed by atoms with van der Waals surface area (Å²) >= 11 is 1.71. The van der Waals surface area contributed by atoms with Crippen molar-refractivity contribution in [1.29, 1.82) is 0 Å². The highest BCUT2D eigenvalue weighted by Crippen LogP contribution is 2.22. The van der Waals surface area contributed by atoms with Crippen molar-refractivity contribution >= 4 is 47.0 Å². The molecule has 0 unspecified atom stereocenters. The highest BCUT2D eigenvalue weighted by Gasteiger charge is 2.15. The number of ether oxygens (including phenoxy) is 1. The molecule has 8 heteroatoms. The smallest absolute Gasteiger partial charge is 0.191 e. The van der Waals surface area contributed by atoms with Gasteiger partial charge < -0.3 is 20.3 Å². The van der Waals surface area contributed by atoms with E-state index in [1.165, 1.54) is 4.88 Å². The number of nitrogens with zero attached hydrogens (tertiary/aromatic N) is 2. The van der Waals surface area contributed by atoms with E-state index < -0.39 is 0 Å². The minimum atomic E-state index is -0.198. The maximum absolute atomic E-state index is 14.5. The first-order chi connectivity index (χ1) is 12.8. The molecule has 1 fully saturated rings. The van der Waals surface area contributed by atoms with Crippen LogP contribution in [0.5, 0.6) is 0 Å². The molecule has 0 spiro atoms. The fraction of sp³-hybridized carbons (Fsp3) is 0.421. The van der Waals surface area contributed by atoms with Gasteiger partial charge in [-0.25, -0.2) is 9.38 Å². The molecule has 3 rings (SSSR count). The first-order valence-electron chi connectivity index (χ1n) is 8.92. The normalized spacial score (nSPS) is 14.6. The average molecular weight is 504 g/mol. The number of rotatable bonds is 6. The van der Waals surface area contributed by atoms with Crippen LogP contribution in [0.1, 0.15) is 17.4 Å². The van der Waals surface area contributed by atoms with Crippen molar-refractivity contribution in [2.45, 2.75) is 20.0 Å². The highest BCUT2D eigenvalue weighted by atomic mass is 127. The van der Waals surface area contributed by atoms with Gasteiger partial charge in [0.05, 0.1) is 32.0 Å². The van der Waals surface area contributed by atoms with Crippen LogP contribution in [-0.4, -0.2) is 38.8 Å². The van der Waals surface area contributed by atoms with Gasteiger partial charge in [-0.2, -0.15) is 0 Å². The number of halogens is 2. The predicted molar refractivity (Wildman–Crippen MR) is 121 cm³/mol. The molecular formula is C19H26FIN4OS. The lowest BCUT2D eigenvalue weighted by atomic mass is 10.1. The lowest BCUT2D eigenvalue weighted by Crippen LogP contribution is -2.37. The number of hydrogen-bond donors (Lipinski definition) is 2. The van der Waals surface area contributed by atoms with Crippen molar-refractivity contribution in [3.05, 3.63) is 52.0 Å². The van der Waals surface area contributed by atoms with Crippen LogP contribution in [0.3, 0.4) is 0 Å². The molecule has 0 aliphatic carbocycles. The molecule has 0 radical (unpaired) electrons. The zero-order chi connectivity index (χ0) is 18.2. The van der Waals surface area contributed by atoms with Gasteiger partial charge in [-0.05, 0) is 36.1 Å². The van der Waals surface area contributed by atoms with Crippen molar-refractivity contribution in [2.75, 3.05) is 37.7 Å². The number of benzene rings is 1. The Bertz CT molecular complexity index is 721. The molecule has 27 heavy (non-hydrogen) atoms. The second-order valence-corrected chi connectivity index (χ2v) is 7.05. The summed E-state index contributed by atoms with van der Waals surface area (Å²) in [6.07, 6.45) is 0. The Hall–Kier alpha value is -1.39. The molecular weight excluding hydrogens is 478 g/mol. The number of morpholine rings is 1. The minimum absolute atomic E-state index is 0. The summed E-state index contributed by atoms with van der Waals surface area (Å²) < 4.78 is 19.8. The van der Waals surface area contributed by atoms with E-state index in [0.29, 0.717) is 25.4 Å². The van der Waals surface area contributed by atoms with Crippen molar-refractivity contribution in [1.82, 2.24) is 10.6 Å². The zero-order valence-electron chi connectivity index (χ0n) is 15.4. The summed E-state index contributed by atoms with van der Waals surface area (Å²) in [5.41, 5.74) is 1.50. The number of nitrogens with one attached hydrogen (secondary N) is 2. The van der Waals surface area contributed by atoms with Gasteiger partial charge in [0.2, 0.25) is 0 Å². The summed E-state index contributed by atoms with van der Waals surface area (Å²) in [6, 6.07) is 9.49. The van der Waals surface area contributed by atoms with Crippen LogP contribution in [0.4, 0.5) is 10.1 Å². The van der Waals surface area contributed by atoms with E-state index in [4.69, 9.17) is 4.74 Å². The molecule has 0 bridgehead atoms. The molecule has 0 saturated carbocycles. The third-order valence-electron chi connectivity index (χ3n) is 4.14. The minimum Gasteiger partial charge on any atom is -0.378 e. The first kappa shape index (κ1) is 21.9. The first-order valence-corrected chi connectivity index (χ1v) is 9.80. The van der Waals surface area contributed by atoms with Crippen LogP contribution in [-0.2, 0) is 17.8 Å². The SMILES string of the molecule is CCNC(=NCc1ccc(N2CCOCC2)c(F)c1)NCc1cccs1.I. The molecule has 1 aromatic heterocycles. The van der Waals surface area contributed by atoms with Crippen molar-refractivity contribution in [2.24, 2.45) is 4.99 Å². The molecule has 1 saturated heterocycles. The molecule has 2 heterocycles. The molecule has 0 amide bonds. The highest BCUT2D eigenvalue weighted by molar-refractivity contribution is 14.0. The lowest BCUT2D eigenvalue weighted by molar-refractivity contribution is 0.122. The number of thiophene rings is 1. The van der Waals surface area contributed by atoms with Gasteiger partial charge in [0.25, 0.3) is 0 Å². The zero-order valence-corrected chi connectivity index (χ0v) is 18.6. The van der Waals surface area contributed by atoms with Crippen LogP contribution in [0.15, 0.2) is 40.7 Å². The predicted octanol–water partition coefficient (Wildman–Crippen LogP) is 3.60. The molecule has 0 atom stereocenters. The molecule has 2 N–H and O–H groups in total. The van der Waals surface area contributed by atoms with Crippen LogP contribution in [0.2, 0.25) is 0 Å². The van der Waals surface area contributed by atoms with Gasteiger partial charge in [0, 0.05) is 24.5 Å². The Morgan fingerprint density at radius 3 is 2.74 bits per heavy atom. The lowest BCUT2D eigenvalue weighted by Gasteiger charge is -2.29. The fourth-order valence-electron chi connectivity index (χ4n) is 2.81. The fourth-order valence-corrected chi connectivity index (χ4v) is 3.45. The topological polar surface area (TPSA) is 48.9 Å². The van der Waals surface area contributed by atoms with Gasteiger partial charge in [0.15, 0.2) is 5.96 Å². The Labute approximate surface area is 181 Å². The standard InChI is InChI=1S/C19H25FN4OS.HI/c1-2-21-19(23-14-16-4-3-11-26-16)22-13-15-5-6-18(17(20)12-15)24-7-9-25-10-8-24;/h3-6,11-12H,2,7-10,13-14H2,1H3,(H2,21,22,23);1H. The molecule has 1 aliphatic heterocycles. The van der Waals surface area contributed by atoms with Crippen molar-refractivity contribution in [3.63, 3.8) is 0 Å². The molecule has 1 aromatic carbocycles. The Kier molecular flexibility index (Phi) is 9.29. The summed E-state index contributed by atoms with van der Waals surface area (Å²) in [5.74, 6) is 0.537. The van der Waals surface area contributed by atoms with E-state index >= 15 is 0 Å². The Morgan fingerprint density at radius 1 is 1.26 bits per heavy atom. The molecule has 5 nitrogen and oxygen atoms in total.